The van der Waals surface area contributed by atoms with Crippen molar-refractivity contribution in [2.24, 2.45) is 5.92 Å². The Hall–Kier alpha value is -1.70. The third-order valence-electron chi connectivity index (χ3n) is 5.35. The van der Waals surface area contributed by atoms with Crippen LogP contribution < -0.4 is 10.2 Å². The topological polar surface area (TPSA) is 70.3 Å². The standard InChI is InChI=1S/C18H26N6O.ClH/c1-13-5-8-24(9-6-13)16-4-3-14(11-20-16)18-21-17(22-25-18)15-12-19-7-10-23(15)2;/h3-4,11,13,15,19H,5-10,12H2,1-2H3;1H. The fourth-order valence-electron chi connectivity index (χ4n) is 3.52. The van der Waals surface area contributed by atoms with E-state index < -0.39 is 0 Å². The van der Waals surface area contributed by atoms with Crippen molar-refractivity contribution in [2.75, 3.05) is 44.7 Å². The number of anilines is 1. The first-order valence-corrected chi connectivity index (χ1v) is 9.16. The van der Waals surface area contributed by atoms with Crippen LogP contribution >= 0.6 is 12.4 Å². The molecule has 8 heteroatoms. The Bertz CT molecular complexity index is 698. The molecule has 2 saturated heterocycles. The Labute approximate surface area is 160 Å². The van der Waals surface area contributed by atoms with Crippen molar-refractivity contribution in [2.45, 2.75) is 25.8 Å². The normalized spacial score (nSPS) is 22.2. The minimum absolute atomic E-state index is 0. The maximum atomic E-state index is 5.48. The summed E-state index contributed by atoms with van der Waals surface area (Å²) in [6, 6.07) is 4.25. The number of halogens is 1. The van der Waals surface area contributed by atoms with Crippen LogP contribution in [0.2, 0.25) is 0 Å². The molecule has 0 spiro atoms. The molecule has 4 heterocycles. The molecule has 2 aromatic rings. The van der Waals surface area contributed by atoms with E-state index in [1.807, 2.05) is 12.3 Å². The summed E-state index contributed by atoms with van der Waals surface area (Å²) in [5.74, 6) is 3.13. The van der Waals surface area contributed by atoms with Crippen LogP contribution in [0.25, 0.3) is 11.5 Å². The van der Waals surface area contributed by atoms with E-state index in [9.17, 15) is 0 Å². The number of hydrogen-bond donors (Lipinski definition) is 1. The summed E-state index contributed by atoms with van der Waals surface area (Å²) in [5.41, 5.74) is 0.874. The number of rotatable bonds is 3. The molecule has 4 rings (SSSR count). The number of likely N-dealkylation sites (N-methyl/N-ethyl adjacent to an activating group) is 1. The van der Waals surface area contributed by atoms with Crippen LogP contribution in [0.1, 0.15) is 31.6 Å². The van der Waals surface area contributed by atoms with Crippen LogP contribution in [-0.4, -0.2) is 59.8 Å². The summed E-state index contributed by atoms with van der Waals surface area (Å²) < 4.78 is 5.48. The highest BCUT2D eigenvalue weighted by Crippen LogP contribution is 2.25. The number of nitrogens with one attached hydrogen (secondary N) is 1. The van der Waals surface area contributed by atoms with E-state index in [1.165, 1.54) is 12.8 Å². The molecule has 0 radical (unpaired) electrons. The molecular formula is C18H27ClN6O. The maximum Gasteiger partial charge on any atom is 0.259 e. The van der Waals surface area contributed by atoms with E-state index in [4.69, 9.17) is 4.52 Å². The number of piperazine rings is 1. The quantitative estimate of drug-likeness (QED) is 0.879. The zero-order valence-electron chi connectivity index (χ0n) is 15.4. The van der Waals surface area contributed by atoms with E-state index >= 15 is 0 Å². The molecule has 0 aromatic carbocycles. The SMILES string of the molecule is CC1CCN(c2ccc(-c3nc(C4CNCCN4C)no3)cn2)CC1.Cl. The van der Waals surface area contributed by atoms with Crippen molar-refractivity contribution in [3.8, 4) is 11.5 Å². The minimum Gasteiger partial charge on any atom is -0.357 e. The molecule has 1 N–H and O–H groups in total. The van der Waals surface area contributed by atoms with E-state index in [0.717, 1.165) is 55.8 Å². The van der Waals surface area contributed by atoms with Crippen molar-refractivity contribution < 1.29 is 4.52 Å². The Morgan fingerprint density at radius 1 is 1.19 bits per heavy atom. The van der Waals surface area contributed by atoms with Gasteiger partial charge in [0.1, 0.15) is 5.82 Å². The minimum atomic E-state index is 0. The van der Waals surface area contributed by atoms with Crippen LogP contribution in [0.15, 0.2) is 22.9 Å². The number of piperidine rings is 1. The third kappa shape index (κ3) is 4.00. The van der Waals surface area contributed by atoms with Gasteiger partial charge in [-0.25, -0.2) is 4.98 Å². The molecule has 0 amide bonds. The number of nitrogens with zero attached hydrogens (tertiary/aromatic N) is 5. The van der Waals surface area contributed by atoms with Gasteiger partial charge in [-0.3, -0.25) is 4.90 Å². The number of pyridine rings is 1. The van der Waals surface area contributed by atoms with Gasteiger partial charge in [0.05, 0.1) is 11.6 Å². The van der Waals surface area contributed by atoms with Gasteiger partial charge in [0.15, 0.2) is 5.82 Å². The summed E-state index contributed by atoms with van der Waals surface area (Å²) in [6.07, 6.45) is 4.31. The first kappa shape index (κ1) is 19.1. The highest BCUT2D eigenvalue weighted by molar-refractivity contribution is 5.85. The van der Waals surface area contributed by atoms with Gasteiger partial charge in [-0.15, -0.1) is 12.4 Å². The maximum absolute atomic E-state index is 5.48. The molecule has 142 valence electrons. The van der Waals surface area contributed by atoms with E-state index in [2.05, 4.69) is 50.3 Å². The van der Waals surface area contributed by atoms with Crippen LogP contribution in [0, 0.1) is 5.92 Å². The van der Waals surface area contributed by atoms with Gasteiger partial charge in [0, 0.05) is 38.9 Å². The second-order valence-corrected chi connectivity index (χ2v) is 7.23. The highest BCUT2D eigenvalue weighted by atomic mass is 35.5. The van der Waals surface area contributed by atoms with E-state index in [1.54, 1.807) is 0 Å². The van der Waals surface area contributed by atoms with Crippen LogP contribution in [-0.2, 0) is 0 Å². The van der Waals surface area contributed by atoms with Gasteiger partial charge in [-0.1, -0.05) is 12.1 Å². The second kappa shape index (κ2) is 8.33. The monoisotopic (exact) mass is 378 g/mol. The molecule has 0 aliphatic carbocycles. The molecule has 7 nitrogen and oxygen atoms in total. The average Bonchev–Trinajstić information content (AvgIpc) is 3.13. The Morgan fingerprint density at radius 2 is 2.00 bits per heavy atom. The van der Waals surface area contributed by atoms with Gasteiger partial charge in [0.2, 0.25) is 0 Å². The highest BCUT2D eigenvalue weighted by Gasteiger charge is 2.25. The fraction of sp³-hybridized carbons (Fsp3) is 0.611. The zero-order valence-corrected chi connectivity index (χ0v) is 16.2. The predicted molar refractivity (Wildman–Crippen MR) is 104 cm³/mol. The largest absolute Gasteiger partial charge is 0.357 e. The molecule has 2 aliphatic heterocycles. The molecule has 2 aromatic heterocycles. The zero-order chi connectivity index (χ0) is 17.2. The van der Waals surface area contributed by atoms with Crippen molar-refractivity contribution in [3.63, 3.8) is 0 Å². The number of hydrogen-bond acceptors (Lipinski definition) is 7. The van der Waals surface area contributed by atoms with Gasteiger partial charge in [-0.05, 0) is 37.9 Å². The molecule has 2 fully saturated rings. The molecule has 1 atom stereocenters. The van der Waals surface area contributed by atoms with Crippen LogP contribution in [0.5, 0.6) is 0 Å². The van der Waals surface area contributed by atoms with Crippen molar-refractivity contribution >= 4 is 18.2 Å². The Morgan fingerprint density at radius 3 is 2.69 bits per heavy atom. The fourth-order valence-corrected chi connectivity index (χ4v) is 3.52. The Kier molecular flexibility index (Phi) is 6.11. The van der Waals surface area contributed by atoms with Gasteiger partial charge >= 0.3 is 0 Å². The molecule has 1 unspecified atom stereocenters. The van der Waals surface area contributed by atoms with Crippen molar-refractivity contribution in [1.29, 1.82) is 0 Å². The smallest absolute Gasteiger partial charge is 0.259 e. The first-order valence-electron chi connectivity index (χ1n) is 9.16. The molecular weight excluding hydrogens is 352 g/mol. The molecule has 26 heavy (non-hydrogen) atoms. The summed E-state index contributed by atoms with van der Waals surface area (Å²) in [4.78, 5) is 13.8. The summed E-state index contributed by atoms with van der Waals surface area (Å²) in [5, 5.41) is 7.56. The van der Waals surface area contributed by atoms with Gasteiger partial charge in [-0.2, -0.15) is 4.98 Å². The predicted octanol–water partition coefficient (Wildman–Crippen LogP) is 2.37. The summed E-state index contributed by atoms with van der Waals surface area (Å²) >= 11 is 0. The molecule has 0 saturated carbocycles. The average molecular weight is 379 g/mol. The van der Waals surface area contributed by atoms with Gasteiger partial charge < -0.3 is 14.7 Å². The lowest BCUT2D eigenvalue weighted by Crippen LogP contribution is -2.44. The summed E-state index contributed by atoms with van der Waals surface area (Å²) in [7, 11) is 2.09. The van der Waals surface area contributed by atoms with E-state index in [-0.39, 0.29) is 18.4 Å². The lowest BCUT2D eigenvalue weighted by molar-refractivity contribution is 0.190. The van der Waals surface area contributed by atoms with Crippen LogP contribution in [0.4, 0.5) is 5.82 Å². The molecule has 0 bridgehead atoms. The second-order valence-electron chi connectivity index (χ2n) is 7.23. The lowest BCUT2D eigenvalue weighted by Gasteiger charge is -2.31. The summed E-state index contributed by atoms with van der Waals surface area (Å²) in [6.45, 7) is 7.32. The third-order valence-corrected chi connectivity index (χ3v) is 5.35. The van der Waals surface area contributed by atoms with E-state index in [0.29, 0.717) is 5.89 Å². The van der Waals surface area contributed by atoms with Gasteiger partial charge in [0.25, 0.3) is 5.89 Å². The van der Waals surface area contributed by atoms with Crippen molar-refractivity contribution in [3.05, 3.63) is 24.2 Å². The first-order chi connectivity index (χ1) is 12.2. The molecule has 2 aliphatic rings. The Balaban J connectivity index is 0.00000196. The number of aromatic nitrogens is 3. The van der Waals surface area contributed by atoms with Crippen LogP contribution in [0.3, 0.4) is 0 Å². The van der Waals surface area contributed by atoms with Crippen molar-refractivity contribution in [1.82, 2.24) is 25.3 Å². The lowest BCUT2D eigenvalue weighted by atomic mass is 9.99.